The van der Waals surface area contributed by atoms with E-state index in [1.54, 1.807) is 6.07 Å². The van der Waals surface area contributed by atoms with Gasteiger partial charge in [-0.1, -0.05) is 30.3 Å². The second-order valence-corrected chi connectivity index (χ2v) is 6.35. The van der Waals surface area contributed by atoms with Crippen molar-refractivity contribution in [2.75, 3.05) is 11.9 Å². The molecule has 0 saturated carbocycles. The van der Waals surface area contributed by atoms with Gasteiger partial charge in [0, 0.05) is 10.0 Å². The molecule has 0 atom stereocenters. The van der Waals surface area contributed by atoms with Crippen molar-refractivity contribution in [3.05, 3.63) is 71.0 Å². The van der Waals surface area contributed by atoms with E-state index < -0.39 is 0 Å². The van der Waals surface area contributed by atoms with Gasteiger partial charge in [-0.3, -0.25) is 9.59 Å². The lowest BCUT2D eigenvalue weighted by Gasteiger charge is -2.07. The first kappa shape index (κ1) is 17.9. The van der Waals surface area contributed by atoms with Gasteiger partial charge in [-0.15, -0.1) is 0 Å². The summed E-state index contributed by atoms with van der Waals surface area (Å²) in [5.74, 6) is -0.157. The Kier molecular flexibility index (Phi) is 5.80. The van der Waals surface area contributed by atoms with Crippen molar-refractivity contribution in [1.29, 1.82) is 0 Å². The van der Waals surface area contributed by atoms with Crippen LogP contribution < -0.4 is 10.6 Å². The average molecular weight is 414 g/mol. The maximum Gasteiger partial charge on any atom is 0.243 e. The van der Waals surface area contributed by atoms with E-state index >= 15 is 0 Å². The van der Waals surface area contributed by atoms with Gasteiger partial charge in [0.25, 0.3) is 0 Å². The second-order valence-electron chi connectivity index (χ2n) is 5.49. The number of rotatable bonds is 6. The summed E-state index contributed by atoms with van der Waals surface area (Å²) in [4.78, 5) is 28.2. The Morgan fingerprint density at radius 1 is 1.00 bits per heavy atom. The first-order valence-corrected chi connectivity index (χ1v) is 8.72. The molecule has 3 rings (SSSR count). The number of benzene rings is 2. The molecule has 3 aromatic rings. The molecule has 0 saturated heterocycles. The molecular formula is C19H16BrN3O3. The number of anilines is 1. The number of hydrogen-bond acceptors (Lipinski definition) is 4. The molecule has 132 valence electrons. The maximum absolute atomic E-state index is 12.0. The zero-order valence-corrected chi connectivity index (χ0v) is 15.3. The molecule has 0 radical (unpaired) electrons. The fourth-order valence-corrected chi connectivity index (χ4v) is 2.65. The van der Waals surface area contributed by atoms with Gasteiger partial charge in [0.2, 0.25) is 17.7 Å². The van der Waals surface area contributed by atoms with Gasteiger partial charge in [0.05, 0.1) is 24.3 Å². The highest BCUT2D eigenvalue weighted by Gasteiger charge is 2.12. The molecule has 0 aliphatic rings. The van der Waals surface area contributed by atoms with Crippen molar-refractivity contribution in [3.63, 3.8) is 0 Å². The number of aromatic nitrogens is 1. The molecule has 1 heterocycles. The third-order valence-corrected chi connectivity index (χ3v) is 4.20. The van der Waals surface area contributed by atoms with Crippen LogP contribution in [-0.2, 0) is 16.0 Å². The molecule has 7 heteroatoms. The van der Waals surface area contributed by atoms with Crippen LogP contribution in [0.1, 0.15) is 5.69 Å². The quantitative estimate of drug-likeness (QED) is 0.648. The summed E-state index contributed by atoms with van der Waals surface area (Å²) in [6, 6.07) is 16.7. The molecule has 0 aliphatic heterocycles. The van der Waals surface area contributed by atoms with E-state index in [9.17, 15) is 9.59 Å². The summed E-state index contributed by atoms with van der Waals surface area (Å²) in [5, 5.41) is 5.29. The van der Waals surface area contributed by atoms with E-state index in [4.69, 9.17) is 4.42 Å². The van der Waals surface area contributed by atoms with E-state index in [-0.39, 0.29) is 24.8 Å². The summed E-state index contributed by atoms with van der Waals surface area (Å²) >= 11 is 3.35. The number of nitrogens with one attached hydrogen (secondary N) is 2. The molecular weight excluding hydrogens is 398 g/mol. The van der Waals surface area contributed by atoms with Crippen LogP contribution in [0.5, 0.6) is 0 Å². The molecule has 1 aromatic heterocycles. The summed E-state index contributed by atoms with van der Waals surface area (Å²) in [6.45, 7) is -0.121. The highest BCUT2D eigenvalue weighted by molar-refractivity contribution is 9.10. The number of nitrogens with zero attached hydrogens (tertiary/aromatic N) is 1. The number of halogens is 1. The van der Waals surface area contributed by atoms with E-state index in [1.807, 2.05) is 48.5 Å². The predicted molar refractivity (Wildman–Crippen MR) is 101 cm³/mol. The third kappa shape index (κ3) is 4.80. The molecule has 2 N–H and O–H groups in total. The van der Waals surface area contributed by atoms with Gasteiger partial charge in [0.15, 0.2) is 0 Å². The van der Waals surface area contributed by atoms with Gasteiger partial charge in [0.1, 0.15) is 6.26 Å². The van der Waals surface area contributed by atoms with Crippen LogP contribution in [0.2, 0.25) is 0 Å². The van der Waals surface area contributed by atoms with E-state index in [0.717, 1.165) is 10.0 Å². The van der Waals surface area contributed by atoms with Gasteiger partial charge in [-0.25, -0.2) is 4.98 Å². The predicted octanol–water partition coefficient (Wildman–Crippen LogP) is 3.40. The van der Waals surface area contributed by atoms with E-state index in [0.29, 0.717) is 17.3 Å². The topological polar surface area (TPSA) is 84.2 Å². The zero-order chi connectivity index (χ0) is 18.4. The molecule has 2 amide bonds. The van der Waals surface area contributed by atoms with Crippen molar-refractivity contribution in [2.45, 2.75) is 6.42 Å². The van der Waals surface area contributed by atoms with Crippen molar-refractivity contribution in [3.8, 4) is 11.5 Å². The number of amides is 2. The highest BCUT2D eigenvalue weighted by Crippen LogP contribution is 2.21. The Balaban J connectivity index is 1.49. The summed E-state index contributed by atoms with van der Waals surface area (Å²) in [6.07, 6.45) is 1.49. The summed E-state index contributed by atoms with van der Waals surface area (Å²) < 4.78 is 6.17. The Bertz CT molecular complexity index is 909. The fraction of sp³-hybridized carbons (Fsp3) is 0.105. The normalized spacial score (nSPS) is 10.3. The van der Waals surface area contributed by atoms with E-state index in [1.165, 1.54) is 6.26 Å². The Hall–Kier alpha value is -2.93. The minimum absolute atomic E-state index is 0.0403. The Morgan fingerprint density at radius 3 is 2.50 bits per heavy atom. The molecule has 0 fully saturated rings. The van der Waals surface area contributed by atoms with Crippen LogP contribution in [0.4, 0.5) is 5.69 Å². The maximum atomic E-state index is 12.0. The van der Waals surface area contributed by atoms with Crippen LogP contribution in [0.15, 0.2) is 69.8 Å². The second kappa shape index (κ2) is 8.44. The number of oxazole rings is 1. The van der Waals surface area contributed by atoms with Crippen molar-refractivity contribution < 1.29 is 14.0 Å². The number of para-hydroxylation sites is 1. The molecule has 0 bridgehead atoms. The van der Waals surface area contributed by atoms with Gasteiger partial charge in [-0.05, 0) is 40.2 Å². The van der Waals surface area contributed by atoms with Crippen LogP contribution in [0.25, 0.3) is 11.5 Å². The molecule has 6 nitrogen and oxygen atoms in total. The standard InChI is InChI=1S/C19H16BrN3O3/c20-15-8-4-5-9-16(15)23-18(25)11-21-17(24)10-14-12-26-19(22-14)13-6-2-1-3-7-13/h1-9,12H,10-11H2,(H,21,24)(H,23,25). The first-order valence-electron chi connectivity index (χ1n) is 7.93. The molecule has 2 aromatic carbocycles. The fourth-order valence-electron chi connectivity index (χ4n) is 2.26. The van der Waals surface area contributed by atoms with Gasteiger partial charge in [-0.2, -0.15) is 0 Å². The minimum atomic E-state index is -0.310. The minimum Gasteiger partial charge on any atom is -0.444 e. The molecule has 0 unspecified atom stereocenters. The van der Waals surface area contributed by atoms with Gasteiger partial charge < -0.3 is 15.1 Å². The number of carbonyl (C=O) groups excluding carboxylic acids is 2. The lowest BCUT2D eigenvalue weighted by Crippen LogP contribution is -2.33. The van der Waals surface area contributed by atoms with Crippen molar-refractivity contribution in [1.82, 2.24) is 10.3 Å². The van der Waals surface area contributed by atoms with Gasteiger partial charge >= 0.3 is 0 Å². The monoisotopic (exact) mass is 413 g/mol. The molecule has 26 heavy (non-hydrogen) atoms. The summed E-state index contributed by atoms with van der Waals surface area (Å²) in [7, 11) is 0. The summed E-state index contributed by atoms with van der Waals surface area (Å²) in [5.41, 5.74) is 2.00. The first-order chi connectivity index (χ1) is 12.6. The largest absolute Gasteiger partial charge is 0.444 e. The number of carbonyl (C=O) groups is 2. The Morgan fingerprint density at radius 2 is 1.73 bits per heavy atom. The number of hydrogen-bond donors (Lipinski definition) is 2. The average Bonchev–Trinajstić information content (AvgIpc) is 3.11. The third-order valence-electron chi connectivity index (χ3n) is 3.51. The SMILES string of the molecule is O=C(Cc1coc(-c2ccccc2)n1)NCC(=O)Nc1ccccc1Br. The van der Waals surface area contributed by atoms with Crippen LogP contribution in [0.3, 0.4) is 0 Å². The van der Waals surface area contributed by atoms with Crippen LogP contribution >= 0.6 is 15.9 Å². The van der Waals surface area contributed by atoms with Crippen LogP contribution in [0, 0.1) is 0 Å². The van der Waals surface area contributed by atoms with Crippen molar-refractivity contribution >= 4 is 33.4 Å². The molecule has 0 spiro atoms. The van der Waals surface area contributed by atoms with E-state index in [2.05, 4.69) is 31.5 Å². The Labute approximate surface area is 158 Å². The zero-order valence-electron chi connectivity index (χ0n) is 13.7. The molecule has 0 aliphatic carbocycles. The van der Waals surface area contributed by atoms with Crippen LogP contribution in [-0.4, -0.2) is 23.3 Å². The highest BCUT2D eigenvalue weighted by atomic mass is 79.9. The lowest BCUT2D eigenvalue weighted by atomic mass is 10.2. The lowest BCUT2D eigenvalue weighted by molar-refractivity contribution is -0.123. The van der Waals surface area contributed by atoms with Crippen molar-refractivity contribution in [2.24, 2.45) is 0 Å². The smallest absolute Gasteiger partial charge is 0.243 e.